The molecule has 9 heteroatoms. The molecular formula is C24H14BrCl2NO4S. The molecule has 0 saturated carbocycles. The van der Waals surface area contributed by atoms with Crippen LogP contribution >= 0.6 is 50.9 Å². The SMILES string of the molecule is O=C(Oc1ccc(Br)cc1/C=C1\SC(=O)N(Cc2cccc(Cl)c2)C1=O)c1cccc(Cl)c1. The van der Waals surface area contributed by atoms with E-state index in [1.165, 1.54) is 12.1 Å². The van der Waals surface area contributed by atoms with Gasteiger partial charge in [-0.3, -0.25) is 14.5 Å². The lowest BCUT2D eigenvalue weighted by Crippen LogP contribution is -2.27. The van der Waals surface area contributed by atoms with Gasteiger partial charge in [0, 0.05) is 20.1 Å². The van der Waals surface area contributed by atoms with E-state index in [1.54, 1.807) is 60.7 Å². The topological polar surface area (TPSA) is 63.7 Å². The Bertz CT molecular complexity index is 1310. The van der Waals surface area contributed by atoms with Crippen molar-refractivity contribution in [1.82, 2.24) is 4.90 Å². The molecule has 0 aliphatic carbocycles. The standard InChI is InChI=1S/C24H14BrCl2NO4S/c25-17-7-8-20(32-23(30)15-4-2-6-19(27)11-15)16(10-17)12-21-22(29)28(24(31)33-21)13-14-3-1-5-18(26)9-14/h1-12H,13H2/b21-12-. The zero-order chi connectivity index (χ0) is 23.5. The number of carbonyl (C=O) groups is 3. The van der Waals surface area contributed by atoms with Gasteiger partial charge in [0.2, 0.25) is 0 Å². The molecule has 0 radical (unpaired) electrons. The van der Waals surface area contributed by atoms with Gasteiger partial charge < -0.3 is 4.74 Å². The monoisotopic (exact) mass is 561 g/mol. The van der Waals surface area contributed by atoms with E-state index in [0.717, 1.165) is 26.7 Å². The lowest BCUT2D eigenvalue weighted by molar-refractivity contribution is -0.123. The van der Waals surface area contributed by atoms with Crippen LogP contribution in [-0.4, -0.2) is 22.0 Å². The zero-order valence-electron chi connectivity index (χ0n) is 16.8. The Morgan fingerprint density at radius 1 is 1.00 bits per heavy atom. The molecule has 33 heavy (non-hydrogen) atoms. The first-order chi connectivity index (χ1) is 15.8. The Morgan fingerprint density at radius 3 is 2.45 bits per heavy atom. The van der Waals surface area contributed by atoms with E-state index in [4.69, 9.17) is 27.9 Å². The van der Waals surface area contributed by atoms with Crippen molar-refractivity contribution < 1.29 is 19.1 Å². The summed E-state index contributed by atoms with van der Waals surface area (Å²) in [5.41, 5.74) is 1.50. The summed E-state index contributed by atoms with van der Waals surface area (Å²) < 4.78 is 6.27. The van der Waals surface area contributed by atoms with Crippen molar-refractivity contribution in [2.45, 2.75) is 6.54 Å². The van der Waals surface area contributed by atoms with Crippen molar-refractivity contribution in [3.63, 3.8) is 0 Å². The Morgan fingerprint density at radius 2 is 1.73 bits per heavy atom. The van der Waals surface area contributed by atoms with Gasteiger partial charge in [-0.2, -0.15) is 0 Å². The molecule has 0 aromatic heterocycles. The number of esters is 1. The number of hydrogen-bond acceptors (Lipinski definition) is 5. The molecule has 1 aliphatic heterocycles. The first-order valence-corrected chi connectivity index (χ1v) is 11.9. The second-order valence-corrected chi connectivity index (χ2v) is 9.76. The molecule has 1 fully saturated rings. The van der Waals surface area contributed by atoms with Gasteiger partial charge in [0.05, 0.1) is 17.0 Å². The minimum Gasteiger partial charge on any atom is -0.422 e. The third kappa shape index (κ3) is 5.68. The zero-order valence-corrected chi connectivity index (χ0v) is 20.7. The van der Waals surface area contributed by atoms with Gasteiger partial charge in [0.1, 0.15) is 5.75 Å². The summed E-state index contributed by atoms with van der Waals surface area (Å²) in [6.07, 6.45) is 1.54. The number of rotatable bonds is 5. The fourth-order valence-corrected chi connectivity index (χ4v) is 4.71. The van der Waals surface area contributed by atoms with E-state index in [9.17, 15) is 14.4 Å². The lowest BCUT2D eigenvalue weighted by Gasteiger charge is -2.12. The van der Waals surface area contributed by atoms with Crippen molar-refractivity contribution in [2.24, 2.45) is 0 Å². The van der Waals surface area contributed by atoms with Crippen molar-refractivity contribution in [1.29, 1.82) is 0 Å². The molecule has 0 spiro atoms. The third-order valence-corrected chi connectivity index (χ3v) is 6.50. The number of ether oxygens (including phenoxy) is 1. The second kappa shape index (κ2) is 10.1. The van der Waals surface area contributed by atoms with Crippen LogP contribution in [0.3, 0.4) is 0 Å². The number of carbonyl (C=O) groups excluding carboxylic acids is 3. The molecule has 2 amide bonds. The van der Waals surface area contributed by atoms with Crippen LogP contribution in [-0.2, 0) is 11.3 Å². The first-order valence-electron chi connectivity index (χ1n) is 9.57. The van der Waals surface area contributed by atoms with Crippen LogP contribution in [0.25, 0.3) is 6.08 Å². The predicted octanol–water partition coefficient (Wildman–Crippen LogP) is 7.21. The number of benzene rings is 3. The van der Waals surface area contributed by atoms with Crippen molar-refractivity contribution in [3.05, 3.63) is 103 Å². The second-order valence-electron chi connectivity index (χ2n) is 6.98. The highest BCUT2D eigenvalue weighted by Crippen LogP contribution is 2.36. The predicted molar refractivity (Wildman–Crippen MR) is 134 cm³/mol. The van der Waals surface area contributed by atoms with Gasteiger partial charge >= 0.3 is 5.97 Å². The smallest absolute Gasteiger partial charge is 0.343 e. The van der Waals surface area contributed by atoms with Crippen LogP contribution < -0.4 is 4.74 Å². The van der Waals surface area contributed by atoms with Crippen LogP contribution in [0.15, 0.2) is 76.1 Å². The molecule has 1 aliphatic rings. The Hall–Kier alpha value is -2.58. The molecule has 0 atom stereocenters. The average molecular weight is 563 g/mol. The van der Waals surface area contributed by atoms with Gasteiger partial charge in [0.15, 0.2) is 0 Å². The van der Waals surface area contributed by atoms with Crippen LogP contribution in [0.4, 0.5) is 4.79 Å². The Balaban J connectivity index is 1.59. The average Bonchev–Trinajstić information content (AvgIpc) is 3.03. The summed E-state index contributed by atoms with van der Waals surface area (Å²) in [5.74, 6) is -0.787. The molecule has 3 aromatic rings. The summed E-state index contributed by atoms with van der Waals surface area (Å²) in [4.78, 5) is 39.4. The number of amides is 2. The van der Waals surface area contributed by atoms with Crippen molar-refractivity contribution >= 4 is 74.1 Å². The number of hydrogen-bond donors (Lipinski definition) is 0. The maximum Gasteiger partial charge on any atom is 0.343 e. The summed E-state index contributed by atoms with van der Waals surface area (Å²) in [7, 11) is 0. The maximum absolute atomic E-state index is 12.9. The molecule has 0 bridgehead atoms. The number of nitrogens with zero attached hydrogens (tertiary/aromatic N) is 1. The molecule has 5 nitrogen and oxygen atoms in total. The van der Waals surface area contributed by atoms with E-state index in [1.807, 2.05) is 0 Å². The Labute approximate surface area is 212 Å². The van der Waals surface area contributed by atoms with E-state index < -0.39 is 17.1 Å². The van der Waals surface area contributed by atoms with Crippen LogP contribution in [0, 0.1) is 0 Å². The molecule has 1 saturated heterocycles. The number of thioether (sulfide) groups is 1. The van der Waals surface area contributed by atoms with E-state index in [0.29, 0.717) is 21.2 Å². The van der Waals surface area contributed by atoms with Gasteiger partial charge in [-0.15, -0.1) is 0 Å². The summed E-state index contributed by atoms with van der Waals surface area (Å²) in [5, 5.41) is 0.544. The Kier molecular flexibility index (Phi) is 7.24. The fourth-order valence-electron chi connectivity index (χ4n) is 3.09. The van der Waals surface area contributed by atoms with Gasteiger partial charge in [-0.1, -0.05) is 57.3 Å². The normalized spacial score (nSPS) is 14.8. The molecule has 0 N–H and O–H groups in total. The van der Waals surface area contributed by atoms with E-state index >= 15 is 0 Å². The van der Waals surface area contributed by atoms with Gasteiger partial charge in [-0.25, -0.2) is 4.79 Å². The minimum atomic E-state index is -0.594. The van der Waals surface area contributed by atoms with Crippen molar-refractivity contribution in [3.8, 4) is 5.75 Å². The maximum atomic E-state index is 12.9. The lowest BCUT2D eigenvalue weighted by atomic mass is 10.1. The largest absolute Gasteiger partial charge is 0.422 e. The van der Waals surface area contributed by atoms with Gasteiger partial charge in [-0.05, 0) is 71.9 Å². The highest BCUT2D eigenvalue weighted by atomic mass is 79.9. The third-order valence-electron chi connectivity index (χ3n) is 4.62. The minimum absolute atomic E-state index is 0.109. The summed E-state index contributed by atoms with van der Waals surface area (Å²) in [6.45, 7) is 0.109. The fraction of sp³-hybridized carbons (Fsp3) is 0.0417. The molecule has 0 unspecified atom stereocenters. The van der Waals surface area contributed by atoms with Gasteiger partial charge in [0.25, 0.3) is 11.1 Å². The van der Waals surface area contributed by atoms with E-state index in [2.05, 4.69) is 15.9 Å². The molecule has 1 heterocycles. The highest BCUT2D eigenvalue weighted by molar-refractivity contribution is 9.10. The highest BCUT2D eigenvalue weighted by Gasteiger charge is 2.35. The first kappa shape index (κ1) is 23.6. The van der Waals surface area contributed by atoms with Crippen LogP contribution in [0.2, 0.25) is 10.0 Å². The van der Waals surface area contributed by atoms with Crippen LogP contribution in [0.1, 0.15) is 21.5 Å². The quantitative estimate of drug-likeness (QED) is 0.187. The number of imide groups is 1. The molecule has 166 valence electrons. The van der Waals surface area contributed by atoms with Crippen LogP contribution in [0.5, 0.6) is 5.75 Å². The number of halogens is 3. The van der Waals surface area contributed by atoms with E-state index in [-0.39, 0.29) is 17.2 Å². The van der Waals surface area contributed by atoms with Crippen molar-refractivity contribution in [2.75, 3.05) is 0 Å². The summed E-state index contributed by atoms with van der Waals surface area (Å²) >= 11 is 16.2. The molecule has 3 aromatic carbocycles. The molecular weight excluding hydrogens is 549 g/mol. The summed E-state index contributed by atoms with van der Waals surface area (Å²) in [6, 6.07) is 18.4. The molecule has 4 rings (SSSR count).